The van der Waals surface area contributed by atoms with Crippen molar-refractivity contribution in [3.8, 4) is 0 Å². The highest BCUT2D eigenvalue weighted by molar-refractivity contribution is 5.94. The Kier molecular flexibility index (Phi) is 24.8. The number of ether oxygens (including phenoxy) is 16. The van der Waals surface area contributed by atoms with E-state index in [-0.39, 0.29) is 50.1 Å². The van der Waals surface area contributed by atoms with Crippen molar-refractivity contribution < 1.29 is 124 Å². The molecule has 0 aliphatic carbocycles. The van der Waals surface area contributed by atoms with Crippen LogP contribution in [0, 0.1) is 0 Å². The molecule has 9 aromatic rings. The highest BCUT2D eigenvalue weighted by Gasteiger charge is 2.59. The van der Waals surface area contributed by atoms with Gasteiger partial charge in [0.2, 0.25) is 0 Å². The normalized spacial score (nSPS) is 24.6. The standard InChI is InChI=1S/C83H70O26/c84-71(50-28-10-1-11-29-50)94-46-60-64(103-74(87)53-34-16-4-17-35-53)68(106-77(90)56-40-22-7-23-41-56)81(99-60)97-49-62-66(109-83-70(108-79(92)58-44-26-9-27-45-58)65(104-75(88)54-36-18-5-19-37-54)61(101-83)47-95-72(85)51-30-12-2-13-31-51)69(107-78(91)57-42-24-8-25-43-57)82(100-62)96-48-59-63(102-73(86)52-32-14-3-15-33-52)67(80(93)98-59)105-76(89)55-38-20-6-21-39-55/h1-45,59-70,80-83,93H,46-49H2/t59-,60-,61-,62-,63-,64-,65-,66-,67+,68+,69+,70+,80+,81+,82+,83-/m1/s1. The summed E-state index contributed by atoms with van der Waals surface area (Å²) in [6.07, 6.45) is -27.9. The predicted octanol–water partition coefficient (Wildman–Crippen LogP) is 9.59. The summed E-state index contributed by atoms with van der Waals surface area (Å²) in [4.78, 5) is 128. The second-order valence-corrected chi connectivity index (χ2v) is 25.0. The molecule has 0 radical (unpaired) electrons. The number of aliphatic hydroxyl groups excluding tert-OH is 1. The molecule has 558 valence electrons. The zero-order chi connectivity index (χ0) is 75.6. The lowest BCUT2D eigenvalue weighted by molar-refractivity contribution is -0.228. The second kappa shape index (κ2) is 36.0. The van der Waals surface area contributed by atoms with Crippen LogP contribution in [0.2, 0.25) is 0 Å². The third kappa shape index (κ3) is 18.8. The van der Waals surface area contributed by atoms with E-state index in [0.29, 0.717) is 0 Å². The van der Waals surface area contributed by atoms with Crippen LogP contribution in [0.25, 0.3) is 0 Å². The first-order valence-corrected chi connectivity index (χ1v) is 34.6. The first-order valence-electron chi connectivity index (χ1n) is 34.6. The predicted molar refractivity (Wildman–Crippen MR) is 377 cm³/mol. The Hall–Kier alpha value is -12.1. The number of carbonyl (C=O) groups excluding carboxylic acids is 9. The summed E-state index contributed by atoms with van der Waals surface area (Å²) in [6, 6.07) is 70.1. The van der Waals surface area contributed by atoms with Crippen LogP contribution < -0.4 is 0 Å². The fourth-order valence-electron chi connectivity index (χ4n) is 12.3. The summed E-state index contributed by atoms with van der Waals surface area (Å²) in [6.45, 7) is -2.87. The van der Waals surface area contributed by atoms with Crippen LogP contribution >= 0.6 is 0 Å². The maximum absolute atomic E-state index is 14.9. The van der Waals surface area contributed by atoms with E-state index in [0.717, 1.165) is 0 Å². The van der Waals surface area contributed by atoms with Gasteiger partial charge in [-0.2, -0.15) is 0 Å². The van der Waals surface area contributed by atoms with Gasteiger partial charge in [0.25, 0.3) is 0 Å². The van der Waals surface area contributed by atoms with E-state index in [4.69, 9.17) is 75.8 Å². The lowest BCUT2D eigenvalue weighted by Gasteiger charge is -2.30. The lowest BCUT2D eigenvalue weighted by Crippen LogP contribution is -2.48. The molecule has 0 spiro atoms. The molecule has 26 nitrogen and oxygen atoms in total. The zero-order valence-electron chi connectivity index (χ0n) is 57.7. The van der Waals surface area contributed by atoms with E-state index in [1.807, 2.05) is 0 Å². The molecule has 109 heavy (non-hydrogen) atoms. The monoisotopic (exact) mass is 1480 g/mol. The Labute approximate surface area is 623 Å². The molecule has 4 aliphatic heterocycles. The summed E-state index contributed by atoms with van der Waals surface area (Å²) in [7, 11) is 0. The number of hydrogen-bond donors (Lipinski definition) is 1. The van der Waals surface area contributed by atoms with Gasteiger partial charge in [0.05, 0.1) is 63.3 Å². The molecule has 0 amide bonds. The van der Waals surface area contributed by atoms with E-state index in [1.165, 1.54) is 109 Å². The minimum atomic E-state index is -1.97. The summed E-state index contributed by atoms with van der Waals surface area (Å²) in [5.41, 5.74) is 0.555. The Morgan fingerprint density at radius 3 is 0.716 bits per heavy atom. The minimum absolute atomic E-state index is 0.0102. The number of aliphatic hydroxyl groups is 1. The summed E-state index contributed by atoms with van der Waals surface area (Å²) in [5.74, 6) is -8.31. The molecule has 4 aliphatic rings. The Morgan fingerprint density at radius 2 is 0.431 bits per heavy atom. The molecule has 4 saturated heterocycles. The Balaban J connectivity index is 0.894. The highest BCUT2D eigenvalue weighted by atomic mass is 16.8. The van der Waals surface area contributed by atoms with Crippen LogP contribution in [0.4, 0.5) is 0 Å². The quantitative estimate of drug-likeness (QED) is 0.0352. The van der Waals surface area contributed by atoms with Crippen molar-refractivity contribution in [3.05, 3.63) is 323 Å². The molecule has 26 heteroatoms. The average Bonchev–Trinajstić information content (AvgIpc) is 1.64. The van der Waals surface area contributed by atoms with Crippen LogP contribution in [0.15, 0.2) is 273 Å². The fraction of sp³-hybridized carbons (Fsp3) is 0.241. The van der Waals surface area contributed by atoms with Gasteiger partial charge < -0.3 is 80.9 Å². The second-order valence-electron chi connectivity index (χ2n) is 25.0. The minimum Gasteiger partial charge on any atom is -0.459 e. The van der Waals surface area contributed by atoms with E-state index >= 15 is 0 Å². The summed E-state index contributed by atoms with van der Waals surface area (Å²) >= 11 is 0. The molecule has 0 aromatic heterocycles. The number of benzene rings is 9. The van der Waals surface area contributed by atoms with Gasteiger partial charge in [-0.1, -0.05) is 164 Å². The van der Waals surface area contributed by atoms with Crippen LogP contribution in [-0.4, -0.2) is 184 Å². The van der Waals surface area contributed by atoms with Crippen molar-refractivity contribution in [1.29, 1.82) is 0 Å². The maximum atomic E-state index is 14.9. The van der Waals surface area contributed by atoms with E-state index in [1.54, 1.807) is 164 Å². The third-order valence-electron chi connectivity index (χ3n) is 17.8. The van der Waals surface area contributed by atoms with Gasteiger partial charge in [-0.15, -0.1) is 0 Å². The van der Waals surface area contributed by atoms with Crippen molar-refractivity contribution >= 4 is 53.7 Å². The number of carbonyl (C=O) groups is 9. The first kappa shape index (κ1) is 75.1. The number of rotatable bonds is 28. The molecule has 0 bridgehead atoms. The Bertz CT molecular complexity index is 4550. The van der Waals surface area contributed by atoms with E-state index < -0.39 is 179 Å². The van der Waals surface area contributed by atoms with Crippen LogP contribution in [-0.2, 0) is 75.8 Å². The van der Waals surface area contributed by atoms with Crippen molar-refractivity contribution in [2.45, 2.75) is 98.4 Å². The molecule has 9 aromatic carbocycles. The Morgan fingerprint density at radius 1 is 0.229 bits per heavy atom. The van der Waals surface area contributed by atoms with Gasteiger partial charge >= 0.3 is 53.7 Å². The molecule has 13 rings (SSSR count). The molecule has 0 unspecified atom stereocenters. The van der Waals surface area contributed by atoms with Gasteiger partial charge in [-0.25, -0.2) is 43.2 Å². The third-order valence-corrected chi connectivity index (χ3v) is 17.8. The van der Waals surface area contributed by atoms with Crippen molar-refractivity contribution in [1.82, 2.24) is 0 Å². The van der Waals surface area contributed by atoms with Gasteiger partial charge in [0, 0.05) is 0 Å². The molecular weight excluding hydrogens is 1410 g/mol. The first-order chi connectivity index (χ1) is 53.2. The van der Waals surface area contributed by atoms with E-state index in [2.05, 4.69) is 0 Å². The smallest absolute Gasteiger partial charge is 0.338 e. The van der Waals surface area contributed by atoms with Gasteiger partial charge in [-0.3, -0.25) is 0 Å². The van der Waals surface area contributed by atoms with Crippen LogP contribution in [0.5, 0.6) is 0 Å². The molecule has 1 N–H and O–H groups in total. The molecule has 4 fully saturated rings. The number of esters is 9. The highest BCUT2D eigenvalue weighted by Crippen LogP contribution is 2.39. The summed E-state index contributed by atoms with van der Waals surface area (Å²) in [5, 5.41) is 11.7. The zero-order valence-corrected chi connectivity index (χ0v) is 57.7. The lowest BCUT2D eigenvalue weighted by atomic mass is 10.1. The largest absolute Gasteiger partial charge is 0.459 e. The molecule has 0 saturated carbocycles. The van der Waals surface area contributed by atoms with Gasteiger partial charge in [0.15, 0.2) is 67.9 Å². The van der Waals surface area contributed by atoms with E-state index in [9.17, 15) is 48.3 Å². The topological polar surface area (TPSA) is 322 Å². The molecular formula is C83H70O26. The SMILES string of the molecule is O=C(OC[C@H]1O[C@H](OC[C@H]2O[C@H](OC[C@H]3O[C@H](O)[C@@H](OC(=O)c4ccccc4)[C@@H]3OC(=O)c3ccccc3)[C@@H](OC(=O)c3ccccc3)[C@@H]2O[C@H]2O[C@H](COC(=O)c3ccccc3)[C@@H](OC(=O)c3ccccc3)[C@@H]2OC(=O)c2ccccc2)[C@@H](OC(=O)c2ccccc2)[C@@H]1OC(=O)c1ccccc1)c1ccccc1. The summed E-state index contributed by atoms with van der Waals surface area (Å²) < 4.78 is 101. The molecule has 4 heterocycles. The van der Waals surface area contributed by atoms with Crippen LogP contribution in [0.1, 0.15) is 93.2 Å². The van der Waals surface area contributed by atoms with Crippen molar-refractivity contribution in [2.75, 3.05) is 26.4 Å². The number of hydrogen-bond acceptors (Lipinski definition) is 26. The maximum Gasteiger partial charge on any atom is 0.338 e. The van der Waals surface area contributed by atoms with Crippen LogP contribution in [0.3, 0.4) is 0 Å². The fourth-order valence-corrected chi connectivity index (χ4v) is 12.3. The molecule has 16 atom stereocenters. The van der Waals surface area contributed by atoms with Crippen molar-refractivity contribution in [3.63, 3.8) is 0 Å². The average molecular weight is 1480 g/mol. The van der Waals surface area contributed by atoms with Crippen molar-refractivity contribution in [2.24, 2.45) is 0 Å². The van der Waals surface area contributed by atoms with Gasteiger partial charge in [0.1, 0.15) is 43.7 Å². The van der Waals surface area contributed by atoms with Gasteiger partial charge in [-0.05, 0) is 109 Å².